The van der Waals surface area contributed by atoms with Crippen LogP contribution in [0.25, 0.3) is 0 Å². The van der Waals surface area contributed by atoms with Crippen molar-refractivity contribution in [2.45, 2.75) is 51.7 Å². The van der Waals surface area contributed by atoms with E-state index in [9.17, 15) is 4.79 Å². The highest BCUT2D eigenvalue weighted by Crippen LogP contribution is 2.29. The minimum Gasteiger partial charge on any atom is -0.325 e. The van der Waals surface area contributed by atoms with Gasteiger partial charge in [0.2, 0.25) is 5.91 Å². The summed E-state index contributed by atoms with van der Waals surface area (Å²) in [5.41, 5.74) is 6.81. The molecule has 0 aliphatic rings. The molecule has 2 nitrogen and oxygen atoms in total. The number of carbonyl (C=O) groups is 1. The number of hydrogen-bond acceptors (Lipinski definition) is 2. The molecule has 0 aliphatic carbocycles. The summed E-state index contributed by atoms with van der Waals surface area (Å²) < 4.78 is 0. The highest BCUT2D eigenvalue weighted by molar-refractivity contribution is 8.00. The van der Waals surface area contributed by atoms with Crippen molar-refractivity contribution in [3.05, 3.63) is 58.1 Å². The molecule has 2 aromatic carbocycles. The summed E-state index contributed by atoms with van der Waals surface area (Å²) in [6.07, 6.45) is 0. The van der Waals surface area contributed by atoms with E-state index in [1.165, 1.54) is 21.6 Å². The molecular weight excluding hydrogens is 302 g/mol. The smallest absolute Gasteiger partial charge is 0.237 e. The van der Waals surface area contributed by atoms with E-state index in [1.54, 1.807) is 11.8 Å². The van der Waals surface area contributed by atoms with E-state index in [1.807, 2.05) is 20.8 Å². The van der Waals surface area contributed by atoms with Crippen LogP contribution < -0.4 is 5.32 Å². The van der Waals surface area contributed by atoms with Gasteiger partial charge in [-0.05, 0) is 64.3 Å². The van der Waals surface area contributed by atoms with Gasteiger partial charge < -0.3 is 5.32 Å². The van der Waals surface area contributed by atoms with Crippen LogP contribution >= 0.6 is 11.8 Å². The van der Waals surface area contributed by atoms with Gasteiger partial charge >= 0.3 is 0 Å². The number of hydrogen-bond donors (Lipinski definition) is 1. The Morgan fingerprint density at radius 1 is 0.913 bits per heavy atom. The number of benzene rings is 2. The van der Waals surface area contributed by atoms with Gasteiger partial charge in [-0.25, -0.2) is 0 Å². The van der Waals surface area contributed by atoms with Crippen molar-refractivity contribution in [2.75, 3.05) is 5.32 Å². The third-order valence-electron chi connectivity index (χ3n) is 3.94. The summed E-state index contributed by atoms with van der Waals surface area (Å²) in [6, 6.07) is 10.6. The molecular formula is C20H25NOS. The molecule has 23 heavy (non-hydrogen) atoms. The third kappa shape index (κ3) is 4.38. The largest absolute Gasteiger partial charge is 0.325 e. The minimum absolute atomic E-state index is 0.0472. The molecule has 1 atom stereocenters. The fraction of sp³-hybridized carbons (Fsp3) is 0.350. The summed E-state index contributed by atoms with van der Waals surface area (Å²) in [4.78, 5) is 13.7. The van der Waals surface area contributed by atoms with Crippen molar-refractivity contribution in [3.63, 3.8) is 0 Å². The van der Waals surface area contributed by atoms with Crippen LogP contribution in [0.4, 0.5) is 5.69 Å². The maximum atomic E-state index is 12.6. The van der Waals surface area contributed by atoms with Crippen LogP contribution in [0.15, 0.2) is 35.2 Å². The Morgan fingerprint density at radius 3 is 2.13 bits per heavy atom. The summed E-state index contributed by atoms with van der Waals surface area (Å²) >= 11 is 1.61. The van der Waals surface area contributed by atoms with E-state index >= 15 is 0 Å². The lowest BCUT2D eigenvalue weighted by Crippen LogP contribution is -2.23. The van der Waals surface area contributed by atoms with Crippen molar-refractivity contribution in [1.82, 2.24) is 0 Å². The summed E-state index contributed by atoms with van der Waals surface area (Å²) in [6.45, 7) is 12.3. The van der Waals surface area contributed by atoms with Crippen LogP contribution in [0.2, 0.25) is 0 Å². The lowest BCUT2D eigenvalue weighted by Gasteiger charge is -2.17. The topological polar surface area (TPSA) is 29.1 Å². The number of nitrogens with one attached hydrogen (secondary N) is 1. The van der Waals surface area contributed by atoms with Crippen molar-refractivity contribution >= 4 is 23.4 Å². The summed E-state index contributed by atoms with van der Waals surface area (Å²) in [7, 11) is 0. The van der Waals surface area contributed by atoms with Gasteiger partial charge in [0.15, 0.2) is 0 Å². The molecule has 0 heterocycles. The van der Waals surface area contributed by atoms with Crippen LogP contribution in [0.5, 0.6) is 0 Å². The summed E-state index contributed by atoms with van der Waals surface area (Å²) in [5.74, 6) is 0.0472. The molecule has 0 saturated heterocycles. The van der Waals surface area contributed by atoms with Crippen LogP contribution in [-0.2, 0) is 4.79 Å². The Bertz CT molecular complexity index is 713. The highest BCUT2D eigenvalue weighted by atomic mass is 32.2. The molecule has 0 aliphatic heterocycles. The molecule has 3 heteroatoms. The van der Waals surface area contributed by atoms with E-state index in [4.69, 9.17) is 0 Å². The predicted molar refractivity (Wildman–Crippen MR) is 101 cm³/mol. The zero-order chi connectivity index (χ0) is 17.1. The van der Waals surface area contributed by atoms with E-state index < -0.39 is 0 Å². The molecule has 0 saturated carbocycles. The number of aryl methyl sites for hydroxylation is 5. The predicted octanol–water partition coefficient (Wildman–Crippen LogP) is 5.35. The number of thioether (sulfide) groups is 1. The molecule has 0 unspecified atom stereocenters. The van der Waals surface area contributed by atoms with Gasteiger partial charge in [-0.1, -0.05) is 35.4 Å². The Hall–Kier alpha value is -1.74. The molecule has 1 amide bonds. The SMILES string of the molecule is Cc1cc(C)c(NC(=O)[C@@H](C)Sc2cc(C)ccc2C)c(C)c1. The first-order valence-electron chi connectivity index (χ1n) is 7.90. The Morgan fingerprint density at radius 2 is 1.52 bits per heavy atom. The van der Waals surface area contributed by atoms with Crippen LogP contribution in [0.3, 0.4) is 0 Å². The zero-order valence-corrected chi connectivity index (χ0v) is 15.6. The van der Waals surface area contributed by atoms with Crippen molar-refractivity contribution in [1.29, 1.82) is 0 Å². The Kier molecular flexibility index (Phi) is 5.53. The first kappa shape index (κ1) is 17.6. The second-order valence-corrected chi connectivity index (χ2v) is 7.67. The summed E-state index contributed by atoms with van der Waals surface area (Å²) in [5, 5.41) is 2.96. The molecule has 0 bridgehead atoms. The standard InChI is InChI=1S/C20H25NOS/c1-12-7-8-14(3)18(11-12)23-17(6)20(22)21-19-15(4)9-13(2)10-16(19)5/h7-11,17H,1-6H3,(H,21,22)/t17-/m1/s1. The fourth-order valence-electron chi connectivity index (χ4n) is 2.68. The average molecular weight is 327 g/mol. The lowest BCUT2D eigenvalue weighted by molar-refractivity contribution is -0.115. The van der Waals surface area contributed by atoms with Crippen molar-refractivity contribution in [3.8, 4) is 0 Å². The monoisotopic (exact) mass is 327 g/mol. The Balaban J connectivity index is 2.13. The van der Waals surface area contributed by atoms with Crippen LogP contribution in [-0.4, -0.2) is 11.2 Å². The quantitative estimate of drug-likeness (QED) is 0.767. The number of amides is 1. The van der Waals surface area contributed by atoms with Gasteiger partial charge in [0, 0.05) is 10.6 Å². The highest BCUT2D eigenvalue weighted by Gasteiger charge is 2.17. The Labute approximate surface area is 143 Å². The van der Waals surface area contributed by atoms with E-state index in [0.717, 1.165) is 16.8 Å². The maximum absolute atomic E-state index is 12.6. The van der Waals surface area contributed by atoms with E-state index in [-0.39, 0.29) is 11.2 Å². The van der Waals surface area contributed by atoms with E-state index in [2.05, 4.69) is 56.4 Å². The second kappa shape index (κ2) is 7.22. The van der Waals surface area contributed by atoms with Crippen molar-refractivity contribution < 1.29 is 4.79 Å². The van der Waals surface area contributed by atoms with Gasteiger partial charge in [0.25, 0.3) is 0 Å². The number of carbonyl (C=O) groups excluding carboxylic acids is 1. The molecule has 0 spiro atoms. The normalized spacial score (nSPS) is 12.1. The molecule has 0 fully saturated rings. The van der Waals surface area contributed by atoms with Gasteiger partial charge in [-0.15, -0.1) is 11.8 Å². The van der Waals surface area contributed by atoms with Gasteiger partial charge in [0.1, 0.15) is 0 Å². The van der Waals surface area contributed by atoms with Crippen LogP contribution in [0, 0.1) is 34.6 Å². The third-order valence-corrected chi connectivity index (χ3v) is 5.20. The van der Waals surface area contributed by atoms with Gasteiger partial charge in [0.05, 0.1) is 5.25 Å². The van der Waals surface area contributed by atoms with Gasteiger partial charge in [-0.3, -0.25) is 4.79 Å². The molecule has 0 radical (unpaired) electrons. The van der Waals surface area contributed by atoms with Gasteiger partial charge in [-0.2, -0.15) is 0 Å². The zero-order valence-electron chi connectivity index (χ0n) is 14.8. The van der Waals surface area contributed by atoms with E-state index in [0.29, 0.717) is 0 Å². The fourth-order valence-corrected chi connectivity index (χ4v) is 3.73. The molecule has 0 aromatic heterocycles. The lowest BCUT2D eigenvalue weighted by atomic mass is 10.1. The molecule has 2 aromatic rings. The molecule has 122 valence electrons. The second-order valence-electron chi connectivity index (χ2n) is 6.29. The maximum Gasteiger partial charge on any atom is 0.237 e. The van der Waals surface area contributed by atoms with Crippen molar-refractivity contribution in [2.24, 2.45) is 0 Å². The molecule has 1 N–H and O–H groups in total. The average Bonchev–Trinajstić information content (AvgIpc) is 2.46. The minimum atomic E-state index is -0.143. The molecule has 2 rings (SSSR count). The number of rotatable bonds is 4. The first-order valence-corrected chi connectivity index (χ1v) is 8.78. The van der Waals surface area contributed by atoms with Crippen LogP contribution in [0.1, 0.15) is 34.7 Å². The first-order chi connectivity index (χ1) is 10.8. The number of anilines is 1.